The summed E-state index contributed by atoms with van der Waals surface area (Å²) in [4.78, 5) is 12.6. The molecular formula is C8H8N4S3. The van der Waals surface area contributed by atoms with Gasteiger partial charge in [-0.05, 0) is 18.0 Å². The summed E-state index contributed by atoms with van der Waals surface area (Å²) >= 11 is 4.56. The largest absolute Gasteiger partial charge is 0.384 e. The van der Waals surface area contributed by atoms with Crippen LogP contribution in [0.15, 0.2) is 32.2 Å². The fraction of sp³-hybridized carbons (Fsp3) is 0.125. The molecule has 0 bridgehead atoms. The molecule has 0 aliphatic carbocycles. The Bertz CT molecular complexity index is 443. The Morgan fingerprint density at radius 3 is 2.93 bits per heavy atom. The van der Waals surface area contributed by atoms with E-state index in [0.29, 0.717) is 11.0 Å². The van der Waals surface area contributed by atoms with E-state index in [0.717, 1.165) is 9.37 Å². The van der Waals surface area contributed by atoms with E-state index >= 15 is 0 Å². The summed E-state index contributed by atoms with van der Waals surface area (Å²) in [7, 11) is 0. The summed E-state index contributed by atoms with van der Waals surface area (Å²) in [6, 6.07) is 1.76. The van der Waals surface area contributed by atoms with Gasteiger partial charge in [0.25, 0.3) is 0 Å². The van der Waals surface area contributed by atoms with Crippen molar-refractivity contribution in [2.75, 3.05) is 12.0 Å². The minimum Gasteiger partial charge on any atom is -0.384 e. The number of aromatic nitrogens is 3. The van der Waals surface area contributed by atoms with Crippen molar-refractivity contribution in [3.8, 4) is 0 Å². The summed E-state index contributed by atoms with van der Waals surface area (Å²) in [5, 5.41) is 3.46. The number of nitrogens with two attached hydrogens (primary N) is 1. The number of nitrogen functional groups attached to an aromatic ring is 1. The molecule has 2 rings (SSSR count). The van der Waals surface area contributed by atoms with Crippen LogP contribution in [-0.4, -0.2) is 21.2 Å². The van der Waals surface area contributed by atoms with E-state index in [1.165, 1.54) is 23.5 Å². The Morgan fingerprint density at radius 2 is 2.27 bits per heavy atom. The molecule has 0 unspecified atom stereocenters. The monoisotopic (exact) mass is 256 g/mol. The lowest BCUT2D eigenvalue weighted by atomic mass is 10.6. The summed E-state index contributed by atoms with van der Waals surface area (Å²) in [6.45, 7) is 0. The maximum Gasteiger partial charge on any atom is 0.190 e. The molecule has 15 heavy (non-hydrogen) atoms. The molecule has 0 radical (unpaired) electrons. The van der Waals surface area contributed by atoms with Gasteiger partial charge in [-0.3, -0.25) is 0 Å². The lowest BCUT2D eigenvalue weighted by Crippen LogP contribution is -1.95. The van der Waals surface area contributed by atoms with Crippen molar-refractivity contribution in [1.29, 1.82) is 0 Å². The molecular weight excluding hydrogens is 248 g/mol. The van der Waals surface area contributed by atoms with Crippen molar-refractivity contribution in [2.45, 2.75) is 14.5 Å². The summed E-state index contributed by atoms with van der Waals surface area (Å²) < 4.78 is 0.958. The molecule has 0 aliphatic heterocycles. The van der Waals surface area contributed by atoms with E-state index in [1.807, 2.05) is 11.6 Å². The maximum absolute atomic E-state index is 5.67. The number of nitrogens with zero attached hydrogens (tertiary/aromatic N) is 3. The minimum absolute atomic E-state index is 0.494. The van der Waals surface area contributed by atoms with Crippen molar-refractivity contribution in [2.24, 2.45) is 0 Å². The van der Waals surface area contributed by atoms with Crippen LogP contribution < -0.4 is 5.73 Å². The van der Waals surface area contributed by atoms with Crippen molar-refractivity contribution in [3.05, 3.63) is 17.6 Å². The average molecular weight is 256 g/mol. The molecule has 0 saturated heterocycles. The van der Waals surface area contributed by atoms with Crippen molar-refractivity contribution < 1.29 is 0 Å². The second-order valence-corrected chi connectivity index (χ2v) is 5.45. The van der Waals surface area contributed by atoms with E-state index in [9.17, 15) is 0 Å². The highest BCUT2D eigenvalue weighted by Gasteiger charge is 2.05. The standard InChI is InChI=1S/C8H8N4S3/c1-13-7-11-5(9)4-6(12-7)15-8-10-2-3-14-8/h2-4H,1H3,(H2,9,11,12). The van der Waals surface area contributed by atoms with E-state index in [-0.39, 0.29) is 0 Å². The average Bonchev–Trinajstić information content (AvgIpc) is 2.69. The Morgan fingerprint density at radius 1 is 1.40 bits per heavy atom. The number of hydrogen-bond donors (Lipinski definition) is 1. The summed E-state index contributed by atoms with van der Waals surface area (Å²) in [5.74, 6) is 0.494. The molecule has 0 fully saturated rings. The lowest BCUT2D eigenvalue weighted by molar-refractivity contribution is 0.901. The quantitative estimate of drug-likeness (QED) is 0.517. The third-order valence-corrected chi connectivity index (χ3v) is 3.84. The Balaban J connectivity index is 2.24. The van der Waals surface area contributed by atoms with Gasteiger partial charge in [0.15, 0.2) is 9.50 Å². The Hall–Kier alpha value is -0.790. The number of hydrogen-bond acceptors (Lipinski definition) is 7. The molecule has 2 aromatic rings. The second-order valence-electron chi connectivity index (χ2n) is 2.52. The third-order valence-electron chi connectivity index (χ3n) is 1.49. The molecule has 2 N–H and O–H groups in total. The van der Waals surface area contributed by atoms with Gasteiger partial charge in [0.1, 0.15) is 10.8 Å². The topological polar surface area (TPSA) is 64.7 Å². The van der Waals surface area contributed by atoms with Gasteiger partial charge in [0.2, 0.25) is 0 Å². The first-order valence-corrected chi connectivity index (χ1v) is 6.96. The smallest absolute Gasteiger partial charge is 0.190 e. The zero-order valence-corrected chi connectivity index (χ0v) is 10.3. The molecule has 7 heteroatoms. The Kier molecular flexibility index (Phi) is 3.45. The normalized spacial score (nSPS) is 10.5. The molecule has 2 heterocycles. The maximum atomic E-state index is 5.67. The van der Waals surface area contributed by atoms with Crippen LogP contribution in [0.3, 0.4) is 0 Å². The number of rotatable bonds is 3. The fourth-order valence-electron chi connectivity index (χ4n) is 0.915. The number of thioether (sulfide) groups is 1. The molecule has 78 valence electrons. The zero-order chi connectivity index (χ0) is 10.7. The fourth-order valence-corrected chi connectivity index (χ4v) is 2.94. The van der Waals surface area contributed by atoms with Crippen LogP contribution in [0.2, 0.25) is 0 Å². The first-order valence-electron chi connectivity index (χ1n) is 4.04. The van der Waals surface area contributed by atoms with Crippen LogP contribution >= 0.6 is 34.9 Å². The van der Waals surface area contributed by atoms with Gasteiger partial charge >= 0.3 is 0 Å². The zero-order valence-electron chi connectivity index (χ0n) is 7.88. The van der Waals surface area contributed by atoms with E-state index in [1.54, 1.807) is 23.6 Å². The molecule has 2 aromatic heterocycles. The van der Waals surface area contributed by atoms with Crippen molar-refractivity contribution >= 4 is 40.7 Å². The SMILES string of the molecule is CSc1nc(N)cc(Sc2nccs2)n1. The van der Waals surface area contributed by atoms with E-state index in [4.69, 9.17) is 5.73 Å². The second kappa shape index (κ2) is 4.82. The van der Waals surface area contributed by atoms with Crippen LogP contribution in [0.25, 0.3) is 0 Å². The number of anilines is 1. The summed E-state index contributed by atoms with van der Waals surface area (Å²) in [5.41, 5.74) is 5.67. The third kappa shape index (κ3) is 2.83. The van der Waals surface area contributed by atoms with Gasteiger partial charge in [0, 0.05) is 17.6 Å². The van der Waals surface area contributed by atoms with Gasteiger partial charge in [-0.1, -0.05) is 11.8 Å². The first-order chi connectivity index (χ1) is 7.28. The van der Waals surface area contributed by atoms with Crippen LogP contribution in [0.1, 0.15) is 0 Å². The first kappa shape index (κ1) is 10.7. The highest BCUT2D eigenvalue weighted by Crippen LogP contribution is 2.29. The molecule has 0 atom stereocenters. The van der Waals surface area contributed by atoms with Crippen LogP contribution in [-0.2, 0) is 0 Å². The van der Waals surface area contributed by atoms with Gasteiger partial charge < -0.3 is 5.73 Å². The van der Waals surface area contributed by atoms with Crippen LogP contribution in [0, 0.1) is 0 Å². The predicted octanol–water partition coefficient (Wildman–Crippen LogP) is 2.39. The lowest BCUT2D eigenvalue weighted by Gasteiger charge is -2.01. The van der Waals surface area contributed by atoms with E-state index < -0.39 is 0 Å². The van der Waals surface area contributed by atoms with Gasteiger partial charge in [-0.15, -0.1) is 11.3 Å². The van der Waals surface area contributed by atoms with E-state index in [2.05, 4.69) is 15.0 Å². The van der Waals surface area contributed by atoms with Crippen molar-refractivity contribution in [3.63, 3.8) is 0 Å². The van der Waals surface area contributed by atoms with Gasteiger partial charge in [-0.2, -0.15) is 0 Å². The molecule has 0 spiro atoms. The molecule has 0 aromatic carbocycles. The summed E-state index contributed by atoms with van der Waals surface area (Å²) in [6.07, 6.45) is 3.69. The minimum atomic E-state index is 0.494. The van der Waals surface area contributed by atoms with Crippen molar-refractivity contribution in [1.82, 2.24) is 15.0 Å². The molecule has 0 saturated carbocycles. The molecule has 4 nitrogen and oxygen atoms in total. The van der Waals surface area contributed by atoms with Gasteiger partial charge in [0.05, 0.1) is 0 Å². The van der Waals surface area contributed by atoms with Gasteiger partial charge in [-0.25, -0.2) is 15.0 Å². The predicted molar refractivity (Wildman–Crippen MR) is 64.5 cm³/mol. The Labute approximate surface area is 99.7 Å². The highest BCUT2D eigenvalue weighted by atomic mass is 32.2. The van der Waals surface area contributed by atoms with Crippen LogP contribution in [0.4, 0.5) is 5.82 Å². The highest BCUT2D eigenvalue weighted by molar-refractivity contribution is 8.01. The number of thiazole rings is 1. The molecule has 0 aliphatic rings. The molecule has 0 amide bonds. The van der Waals surface area contributed by atoms with Crippen LogP contribution in [0.5, 0.6) is 0 Å².